The van der Waals surface area contributed by atoms with Crippen molar-refractivity contribution in [2.45, 2.75) is 105 Å². The summed E-state index contributed by atoms with van der Waals surface area (Å²) in [5.41, 5.74) is 19.9. The van der Waals surface area contributed by atoms with E-state index in [9.17, 15) is 0 Å². The lowest BCUT2D eigenvalue weighted by Gasteiger charge is -2.30. The number of hydrogen-bond acceptors (Lipinski definition) is 0. The van der Waals surface area contributed by atoms with Gasteiger partial charge >= 0.3 is 0 Å². The zero-order valence-electron chi connectivity index (χ0n) is 37.6. The molecule has 0 spiro atoms. The Kier molecular flexibility index (Phi) is 8.20. The first kappa shape index (κ1) is 38.3. The summed E-state index contributed by atoms with van der Waals surface area (Å²) < 4.78 is 5.07. The van der Waals surface area contributed by atoms with Gasteiger partial charge in [-0.1, -0.05) is 161 Å². The van der Waals surface area contributed by atoms with Crippen LogP contribution in [0.4, 0.5) is 0 Å². The topological polar surface area (TPSA) is 9.86 Å². The predicted molar refractivity (Wildman–Crippen MR) is 259 cm³/mol. The first-order valence-corrected chi connectivity index (χ1v) is 21.8. The Morgan fingerprint density at radius 2 is 0.900 bits per heavy atom. The quantitative estimate of drug-likeness (QED) is 0.157. The van der Waals surface area contributed by atoms with Crippen LogP contribution in [0.2, 0.25) is 0 Å². The maximum absolute atomic E-state index is 2.56. The highest BCUT2D eigenvalue weighted by Gasteiger charge is 2.29. The van der Waals surface area contributed by atoms with Gasteiger partial charge < -0.3 is 9.13 Å². The van der Waals surface area contributed by atoms with Crippen LogP contribution in [0.1, 0.15) is 110 Å². The predicted octanol–water partition coefficient (Wildman–Crippen LogP) is 16.1. The molecule has 300 valence electrons. The van der Waals surface area contributed by atoms with E-state index in [1.54, 1.807) is 0 Å². The van der Waals surface area contributed by atoms with E-state index in [-0.39, 0.29) is 21.7 Å². The van der Waals surface area contributed by atoms with E-state index in [1.165, 1.54) is 111 Å². The van der Waals surface area contributed by atoms with Crippen LogP contribution in [0.3, 0.4) is 0 Å². The molecule has 60 heavy (non-hydrogen) atoms. The van der Waals surface area contributed by atoms with Crippen molar-refractivity contribution < 1.29 is 0 Å². The largest absolute Gasteiger partial charge is 0.309 e. The van der Waals surface area contributed by atoms with Gasteiger partial charge in [-0.3, -0.25) is 0 Å². The fraction of sp³-hybridized carbons (Fsp3) is 0.276. The molecule has 7 aromatic carbocycles. The van der Waals surface area contributed by atoms with Crippen molar-refractivity contribution in [1.82, 2.24) is 9.13 Å². The molecule has 9 aromatic rings. The smallest absolute Gasteiger partial charge is 0.0591 e. The molecule has 0 unspecified atom stereocenters. The second-order valence-electron chi connectivity index (χ2n) is 21.3. The highest BCUT2D eigenvalue weighted by atomic mass is 15.0. The fourth-order valence-corrected chi connectivity index (χ4v) is 9.83. The van der Waals surface area contributed by atoms with Crippen LogP contribution in [0.5, 0.6) is 0 Å². The van der Waals surface area contributed by atoms with Crippen LogP contribution in [-0.4, -0.2) is 9.13 Å². The fourth-order valence-electron chi connectivity index (χ4n) is 9.83. The second-order valence-corrected chi connectivity index (χ2v) is 21.3. The average Bonchev–Trinajstić information content (AvgIpc) is 3.72. The van der Waals surface area contributed by atoms with Gasteiger partial charge in [0, 0.05) is 32.6 Å². The third-order valence-corrected chi connectivity index (χ3v) is 13.7. The van der Waals surface area contributed by atoms with E-state index in [0.717, 1.165) is 0 Å². The molecule has 4 heterocycles. The summed E-state index contributed by atoms with van der Waals surface area (Å²) in [4.78, 5) is 0. The molecule has 0 radical (unpaired) electrons. The summed E-state index contributed by atoms with van der Waals surface area (Å²) in [5, 5.41) is 5.11. The molecule has 2 aliphatic rings. The van der Waals surface area contributed by atoms with Gasteiger partial charge in [0.1, 0.15) is 0 Å². The zero-order chi connectivity index (χ0) is 42.3. The number of benzene rings is 7. The van der Waals surface area contributed by atoms with Crippen LogP contribution in [0.15, 0.2) is 133 Å². The summed E-state index contributed by atoms with van der Waals surface area (Å²) in [6.07, 6.45) is 0. The van der Waals surface area contributed by atoms with E-state index >= 15 is 0 Å². The van der Waals surface area contributed by atoms with Gasteiger partial charge in [0.2, 0.25) is 0 Å². The molecule has 0 amide bonds. The molecule has 2 aliphatic heterocycles. The average molecular weight is 783 g/mol. The number of nitrogens with zero attached hydrogens (tertiary/aromatic N) is 2. The Bertz CT molecular complexity index is 3200. The third-order valence-electron chi connectivity index (χ3n) is 13.7. The van der Waals surface area contributed by atoms with Crippen LogP contribution in [0, 0.1) is 6.92 Å². The molecule has 0 aliphatic carbocycles. The number of aryl methyl sites for hydroxylation is 1. The molecule has 0 atom stereocenters. The van der Waals surface area contributed by atoms with Crippen molar-refractivity contribution in [2.75, 3.05) is 0 Å². The number of aromatic nitrogens is 2. The van der Waals surface area contributed by atoms with Crippen LogP contribution < -0.4 is 0 Å². The number of para-hydroxylation sites is 2. The summed E-state index contributed by atoms with van der Waals surface area (Å²) in [5.74, 6) is 0. The minimum absolute atomic E-state index is 0.00465. The molecule has 0 N–H and O–H groups in total. The van der Waals surface area contributed by atoms with E-state index in [0.29, 0.717) is 0 Å². The summed E-state index contributed by atoms with van der Waals surface area (Å²) in [7, 11) is 0. The van der Waals surface area contributed by atoms with Gasteiger partial charge in [-0.15, -0.1) is 0 Å². The number of fused-ring (bicyclic) bond motifs is 4. The van der Waals surface area contributed by atoms with E-state index in [4.69, 9.17) is 0 Å². The van der Waals surface area contributed by atoms with Crippen molar-refractivity contribution in [3.8, 4) is 33.6 Å². The Morgan fingerprint density at radius 3 is 1.50 bits per heavy atom. The van der Waals surface area contributed by atoms with Crippen molar-refractivity contribution in [2.24, 2.45) is 0 Å². The highest BCUT2D eigenvalue weighted by molar-refractivity contribution is 6.13. The maximum atomic E-state index is 2.56. The number of hydrogen-bond donors (Lipinski definition) is 0. The Labute approximate surface area is 356 Å². The summed E-state index contributed by atoms with van der Waals surface area (Å²) >= 11 is 0. The molecule has 2 aromatic heterocycles. The van der Waals surface area contributed by atoms with Gasteiger partial charge in [0.25, 0.3) is 0 Å². The molecule has 11 rings (SSSR count). The second kappa shape index (κ2) is 12.8. The lowest BCUT2D eigenvalue weighted by Crippen LogP contribution is -2.21. The Balaban J connectivity index is 1.41. The summed E-state index contributed by atoms with van der Waals surface area (Å²) in [6.45, 7) is 28.2. The molecule has 0 saturated carbocycles. The van der Waals surface area contributed by atoms with Crippen LogP contribution >= 0.6 is 0 Å². The summed E-state index contributed by atoms with van der Waals surface area (Å²) in [6, 6.07) is 52.0. The molecule has 10 bridgehead atoms. The standard InChI is InChI=1S/C58H58N2/c1-35-50-24-22-48-46-17-13-15-19-51(46)59(54(35)48)45-30-36(38-26-41(55(2,3)4)32-42(27-38)56(5,6)7)25-37(31-45)39-28-43(57(8,9)10)33-44(29-39)58(11,12)40-21-23-53-49(34-40)47-18-14-16-20-52(47)60(50)53/h13-34H,1-12H3. The van der Waals surface area contributed by atoms with E-state index in [1.807, 2.05) is 0 Å². The Hall–Kier alpha value is -5.86. The van der Waals surface area contributed by atoms with Crippen molar-refractivity contribution in [1.29, 1.82) is 0 Å². The van der Waals surface area contributed by atoms with Gasteiger partial charge in [-0.25, -0.2) is 0 Å². The molecule has 2 heteroatoms. The Morgan fingerprint density at radius 1 is 0.400 bits per heavy atom. The molecule has 2 nitrogen and oxygen atoms in total. The third kappa shape index (κ3) is 5.89. The normalized spacial score (nSPS) is 14.1. The van der Waals surface area contributed by atoms with Crippen molar-refractivity contribution >= 4 is 43.6 Å². The lowest BCUT2D eigenvalue weighted by atomic mass is 9.74. The first-order valence-electron chi connectivity index (χ1n) is 21.8. The van der Waals surface area contributed by atoms with Crippen molar-refractivity contribution in [3.63, 3.8) is 0 Å². The van der Waals surface area contributed by atoms with Gasteiger partial charge in [-0.05, 0) is 127 Å². The van der Waals surface area contributed by atoms with E-state index in [2.05, 4.69) is 226 Å². The van der Waals surface area contributed by atoms with E-state index < -0.39 is 0 Å². The number of rotatable bonds is 1. The van der Waals surface area contributed by atoms with Gasteiger partial charge in [0.05, 0.1) is 27.8 Å². The van der Waals surface area contributed by atoms with Gasteiger partial charge in [0.15, 0.2) is 0 Å². The minimum atomic E-state index is -0.272. The van der Waals surface area contributed by atoms with Crippen molar-refractivity contribution in [3.05, 3.63) is 167 Å². The highest BCUT2D eigenvalue weighted by Crippen LogP contribution is 2.45. The molecule has 0 saturated heterocycles. The first-order chi connectivity index (χ1) is 28.3. The lowest BCUT2D eigenvalue weighted by molar-refractivity contribution is 0.569. The monoisotopic (exact) mass is 782 g/mol. The minimum Gasteiger partial charge on any atom is -0.309 e. The SMILES string of the molecule is Cc1c2ccc3c4ccccc4n(c13)-c1cc(-c3cc(C(C)(C)C)cc(C(C)(C)C)c3)cc(c1)-c1cc(C(C)(C)C)cc(c1)C(C)(C)c1ccc3c(c1)c1ccccc1n3-2. The zero-order valence-corrected chi connectivity index (χ0v) is 37.6. The van der Waals surface area contributed by atoms with Crippen LogP contribution in [-0.2, 0) is 21.7 Å². The molecule has 0 fully saturated rings. The molecular formula is C58H58N2. The maximum Gasteiger partial charge on any atom is 0.0591 e. The van der Waals surface area contributed by atoms with Crippen LogP contribution in [0.25, 0.3) is 77.2 Å². The molecular weight excluding hydrogens is 725 g/mol. The van der Waals surface area contributed by atoms with Gasteiger partial charge in [-0.2, -0.15) is 0 Å².